The summed E-state index contributed by atoms with van der Waals surface area (Å²) in [5.41, 5.74) is 7.99. The summed E-state index contributed by atoms with van der Waals surface area (Å²) < 4.78 is 5.93. The van der Waals surface area contributed by atoms with Gasteiger partial charge in [-0.15, -0.1) is 0 Å². The second-order valence-corrected chi connectivity index (χ2v) is 5.20. The summed E-state index contributed by atoms with van der Waals surface area (Å²) in [7, 11) is 0. The number of benzene rings is 1. The first-order valence-electron chi connectivity index (χ1n) is 6.70. The Labute approximate surface area is 104 Å². The zero-order valence-corrected chi connectivity index (χ0v) is 10.7. The summed E-state index contributed by atoms with van der Waals surface area (Å²) in [6.45, 7) is 3.13. The van der Waals surface area contributed by atoms with E-state index in [0.717, 1.165) is 24.6 Å². The molecule has 2 rings (SSSR count). The number of rotatable bonds is 4. The Morgan fingerprint density at radius 3 is 2.59 bits per heavy atom. The van der Waals surface area contributed by atoms with Crippen LogP contribution in [0.4, 0.5) is 5.69 Å². The topological polar surface area (TPSA) is 35.2 Å². The first kappa shape index (κ1) is 12.4. The van der Waals surface area contributed by atoms with Crippen LogP contribution < -0.4 is 5.73 Å². The van der Waals surface area contributed by atoms with Gasteiger partial charge < -0.3 is 10.5 Å². The minimum Gasteiger partial charge on any atom is -0.399 e. The fourth-order valence-corrected chi connectivity index (χ4v) is 2.49. The fourth-order valence-electron chi connectivity index (χ4n) is 2.49. The molecule has 0 aromatic heterocycles. The molecule has 0 saturated heterocycles. The molecule has 1 aromatic rings. The largest absolute Gasteiger partial charge is 0.399 e. The molecule has 0 atom stereocenters. The van der Waals surface area contributed by atoms with Crippen LogP contribution >= 0.6 is 0 Å². The summed E-state index contributed by atoms with van der Waals surface area (Å²) >= 11 is 0. The molecule has 17 heavy (non-hydrogen) atoms. The Morgan fingerprint density at radius 1 is 1.18 bits per heavy atom. The Balaban J connectivity index is 1.71. The number of para-hydroxylation sites is 1. The van der Waals surface area contributed by atoms with E-state index in [2.05, 4.69) is 13.0 Å². The van der Waals surface area contributed by atoms with Crippen molar-refractivity contribution in [2.75, 3.05) is 12.3 Å². The van der Waals surface area contributed by atoms with E-state index in [-0.39, 0.29) is 0 Å². The summed E-state index contributed by atoms with van der Waals surface area (Å²) in [5, 5.41) is 0. The Kier molecular flexibility index (Phi) is 4.43. The van der Waals surface area contributed by atoms with Crippen molar-refractivity contribution in [2.45, 2.75) is 45.1 Å². The number of ether oxygens (including phenoxy) is 1. The molecule has 1 fully saturated rings. The molecule has 0 aliphatic heterocycles. The molecule has 1 aliphatic rings. The molecule has 2 nitrogen and oxygen atoms in total. The van der Waals surface area contributed by atoms with Crippen LogP contribution in [0.25, 0.3) is 0 Å². The van der Waals surface area contributed by atoms with E-state index in [9.17, 15) is 0 Å². The maximum atomic E-state index is 5.93. The lowest BCUT2D eigenvalue weighted by Crippen LogP contribution is -2.21. The monoisotopic (exact) mass is 233 g/mol. The van der Waals surface area contributed by atoms with Crippen molar-refractivity contribution >= 4 is 5.69 Å². The van der Waals surface area contributed by atoms with Crippen molar-refractivity contribution in [2.24, 2.45) is 5.92 Å². The number of nitrogens with two attached hydrogens (primary N) is 1. The summed E-state index contributed by atoms with van der Waals surface area (Å²) in [5.74, 6) is 0.889. The van der Waals surface area contributed by atoms with E-state index in [1.807, 2.05) is 18.2 Å². The zero-order chi connectivity index (χ0) is 12.1. The summed E-state index contributed by atoms with van der Waals surface area (Å²) in [6, 6.07) is 8.05. The van der Waals surface area contributed by atoms with Gasteiger partial charge in [0.2, 0.25) is 0 Å². The third-order valence-electron chi connectivity index (χ3n) is 3.74. The molecular weight excluding hydrogens is 210 g/mol. The minimum atomic E-state index is 0.483. The van der Waals surface area contributed by atoms with Gasteiger partial charge in [-0.05, 0) is 49.7 Å². The second kappa shape index (κ2) is 6.06. The van der Waals surface area contributed by atoms with Crippen LogP contribution in [0.3, 0.4) is 0 Å². The Bertz CT molecular complexity index is 343. The van der Waals surface area contributed by atoms with Gasteiger partial charge >= 0.3 is 0 Å². The SMILES string of the molecule is CC1CCC(OCCc2ccccc2N)CC1. The second-order valence-electron chi connectivity index (χ2n) is 5.20. The Morgan fingerprint density at radius 2 is 1.88 bits per heavy atom. The van der Waals surface area contributed by atoms with Crippen LogP contribution in [0.1, 0.15) is 38.2 Å². The van der Waals surface area contributed by atoms with E-state index >= 15 is 0 Å². The minimum absolute atomic E-state index is 0.483. The molecule has 0 amide bonds. The lowest BCUT2D eigenvalue weighted by Gasteiger charge is -2.26. The highest BCUT2D eigenvalue weighted by molar-refractivity contribution is 5.46. The van der Waals surface area contributed by atoms with Gasteiger partial charge in [0, 0.05) is 5.69 Å². The van der Waals surface area contributed by atoms with Crippen LogP contribution in [-0.2, 0) is 11.2 Å². The van der Waals surface area contributed by atoms with Crippen molar-refractivity contribution in [1.82, 2.24) is 0 Å². The highest BCUT2D eigenvalue weighted by Gasteiger charge is 2.18. The third kappa shape index (κ3) is 3.74. The lowest BCUT2D eigenvalue weighted by molar-refractivity contribution is 0.0216. The van der Waals surface area contributed by atoms with Gasteiger partial charge in [0.15, 0.2) is 0 Å². The average molecular weight is 233 g/mol. The Hall–Kier alpha value is -1.02. The number of hydrogen-bond donors (Lipinski definition) is 1. The number of anilines is 1. The molecule has 0 radical (unpaired) electrons. The highest BCUT2D eigenvalue weighted by atomic mass is 16.5. The lowest BCUT2D eigenvalue weighted by atomic mass is 9.89. The third-order valence-corrected chi connectivity index (χ3v) is 3.74. The van der Waals surface area contributed by atoms with Crippen molar-refractivity contribution < 1.29 is 4.74 Å². The molecule has 2 N–H and O–H groups in total. The molecule has 1 saturated carbocycles. The van der Waals surface area contributed by atoms with Gasteiger partial charge in [0.05, 0.1) is 12.7 Å². The zero-order valence-electron chi connectivity index (χ0n) is 10.7. The molecular formula is C15H23NO. The molecule has 0 unspecified atom stereocenters. The van der Waals surface area contributed by atoms with E-state index < -0.39 is 0 Å². The number of nitrogen functional groups attached to an aromatic ring is 1. The maximum Gasteiger partial charge on any atom is 0.0575 e. The van der Waals surface area contributed by atoms with Crippen LogP contribution in [-0.4, -0.2) is 12.7 Å². The van der Waals surface area contributed by atoms with Gasteiger partial charge in [0.25, 0.3) is 0 Å². The van der Waals surface area contributed by atoms with Crippen molar-refractivity contribution in [3.05, 3.63) is 29.8 Å². The van der Waals surface area contributed by atoms with Crippen molar-refractivity contribution in [1.29, 1.82) is 0 Å². The standard InChI is InChI=1S/C15H23NO/c1-12-6-8-14(9-7-12)17-11-10-13-4-2-3-5-15(13)16/h2-5,12,14H,6-11,16H2,1H3. The molecule has 0 bridgehead atoms. The maximum absolute atomic E-state index is 5.93. The first-order valence-corrected chi connectivity index (χ1v) is 6.70. The van der Waals surface area contributed by atoms with Gasteiger partial charge in [-0.2, -0.15) is 0 Å². The summed E-state index contributed by atoms with van der Waals surface area (Å²) in [6.07, 6.45) is 6.50. The molecule has 0 spiro atoms. The molecule has 1 aromatic carbocycles. The van der Waals surface area contributed by atoms with Crippen molar-refractivity contribution in [3.8, 4) is 0 Å². The fraction of sp³-hybridized carbons (Fsp3) is 0.600. The van der Waals surface area contributed by atoms with E-state index in [1.165, 1.54) is 31.2 Å². The molecule has 2 heteroatoms. The van der Waals surface area contributed by atoms with E-state index in [1.54, 1.807) is 0 Å². The van der Waals surface area contributed by atoms with Crippen LogP contribution in [0, 0.1) is 5.92 Å². The average Bonchev–Trinajstić information content (AvgIpc) is 2.34. The summed E-state index contributed by atoms with van der Waals surface area (Å²) in [4.78, 5) is 0. The molecule has 94 valence electrons. The first-order chi connectivity index (χ1) is 8.25. The van der Waals surface area contributed by atoms with Crippen LogP contribution in [0.2, 0.25) is 0 Å². The van der Waals surface area contributed by atoms with Gasteiger partial charge in [-0.1, -0.05) is 25.1 Å². The van der Waals surface area contributed by atoms with E-state index in [0.29, 0.717) is 6.10 Å². The predicted molar refractivity (Wildman–Crippen MR) is 71.9 cm³/mol. The van der Waals surface area contributed by atoms with Gasteiger partial charge in [-0.25, -0.2) is 0 Å². The molecule has 0 heterocycles. The quantitative estimate of drug-likeness (QED) is 0.809. The van der Waals surface area contributed by atoms with Crippen LogP contribution in [0.15, 0.2) is 24.3 Å². The smallest absolute Gasteiger partial charge is 0.0575 e. The van der Waals surface area contributed by atoms with Crippen molar-refractivity contribution in [3.63, 3.8) is 0 Å². The van der Waals surface area contributed by atoms with Gasteiger partial charge in [-0.3, -0.25) is 0 Å². The van der Waals surface area contributed by atoms with Crippen LogP contribution in [0.5, 0.6) is 0 Å². The normalized spacial score (nSPS) is 24.8. The molecule has 1 aliphatic carbocycles. The highest BCUT2D eigenvalue weighted by Crippen LogP contribution is 2.25. The predicted octanol–water partition coefficient (Wildman–Crippen LogP) is 3.41. The van der Waals surface area contributed by atoms with Gasteiger partial charge in [0.1, 0.15) is 0 Å². The van der Waals surface area contributed by atoms with E-state index in [4.69, 9.17) is 10.5 Å². The number of hydrogen-bond acceptors (Lipinski definition) is 2.